The molecule has 0 aromatic heterocycles. The van der Waals surface area contributed by atoms with E-state index in [2.05, 4.69) is 30.3 Å². The molecule has 0 amide bonds. The van der Waals surface area contributed by atoms with Crippen LogP contribution < -0.4 is 0 Å². The molecule has 21 heavy (non-hydrogen) atoms. The number of halogens is 1. The van der Waals surface area contributed by atoms with Gasteiger partial charge in [0.15, 0.2) is 0 Å². The maximum absolute atomic E-state index is 6.50. The first-order valence-electron chi connectivity index (χ1n) is 8.57. The molecule has 1 aliphatic carbocycles. The minimum atomic E-state index is 0.243. The predicted octanol–water partition coefficient (Wildman–Crippen LogP) is 5.36. The Balaban J connectivity index is 1.53. The van der Waals surface area contributed by atoms with Gasteiger partial charge in [-0.3, -0.25) is 0 Å². The van der Waals surface area contributed by atoms with Crippen LogP contribution in [0.3, 0.4) is 0 Å². The van der Waals surface area contributed by atoms with Gasteiger partial charge in [-0.05, 0) is 50.0 Å². The lowest BCUT2D eigenvalue weighted by Crippen LogP contribution is -2.32. The molecule has 116 valence electrons. The van der Waals surface area contributed by atoms with Crippen molar-refractivity contribution in [2.24, 2.45) is 5.92 Å². The third-order valence-corrected chi connectivity index (χ3v) is 5.72. The molecular formula is C19H27ClO. The molecule has 1 saturated carbocycles. The molecule has 0 N–H and O–H groups in total. The zero-order valence-corrected chi connectivity index (χ0v) is 13.7. The summed E-state index contributed by atoms with van der Waals surface area (Å²) in [5.74, 6) is 1.28. The first-order chi connectivity index (χ1) is 10.3. The van der Waals surface area contributed by atoms with Crippen LogP contribution in [0.5, 0.6) is 0 Å². The van der Waals surface area contributed by atoms with Crippen molar-refractivity contribution in [1.82, 2.24) is 0 Å². The van der Waals surface area contributed by atoms with E-state index in [-0.39, 0.29) is 5.60 Å². The van der Waals surface area contributed by atoms with Crippen LogP contribution in [0.2, 0.25) is 0 Å². The van der Waals surface area contributed by atoms with Crippen molar-refractivity contribution >= 4 is 11.6 Å². The van der Waals surface area contributed by atoms with E-state index < -0.39 is 0 Å². The lowest BCUT2D eigenvalue weighted by molar-refractivity contribution is -0.0690. The molecule has 1 saturated heterocycles. The van der Waals surface area contributed by atoms with Gasteiger partial charge in [0.05, 0.1) is 11.7 Å². The summed E-state index contributed by atoms with van der Waals surface area (Å²) in [6.45, 7) is 0. The molecule has 1 nitrogen and oxygen atoms in total. The van der Waals surface area contributed by atoms with Gasteiger partial charge < -0.3 is 4.74 Å². The Hall–Kier alpha value is -0.530. The monoisotopic (exact) mass is 306 g/mol. The van der Waals surface area contributed by atoms with Crippen molar-refractivity contribution in [3.63, 3.8) is 0 Å². The van der Waals surface area contributed by atoms with Gasteiger partial charge in [-0.15, -0.1) is 11.6 Å². The number of rotatable bonds is 5. The first kappa shape index (κ1) is 15.4. The topological polar surface area (TPSA) is 9.23 Å². The van der Waals surface area contributed by atoms with Gasteiger partial charge in [-0.1, -0.05) is 49.6 Å². The van der Waals surface area contributed by atoms with Crippen LogP contribution >= 0.6 is 11.6 Å². The fourth-order valence-corrected chi connectivity index (χ4v) is 4.38. The highest BCUT2D eigenvalue weighted by atomic mass is 35.5. The molecule has 2 unspecified atom stereocenters. The third kappa shape index (κ3) is 4.02. The lowest BCUT2D eigenvalue weighted by atomic mass is 9.83. The molecule has 2 heteroatoms. The summed E-state index contributed by atoms with van der Waals surface area (Å²) in [6, 6.07) is 10.7. The van der Waals surface area contributed by atoms with Gasteiger partial charge in [0.2, 0.25) is 0 Å². The number of ether oxygens (including phenoxy) is 1. The fourth-order valence-electron chi connectivity index (χ4n) is 4.15. The minimum absolute atomic E-state index is 0.243. The van der Waals surface area contributed by atoms with E-state index in [0.29, 0.717) is 12.0 Å². The molecule has 3 rings (SSSR count). The summed E-state index contributed by atoms with van der Waals surface area (Å²) >= 11 is 6.22. The van der Waals surface area contributed by atoms with E-state index >= 15 is 0 Å². The van der Waals surface area contributed by atoms with Gasteiger partial charge in [-0.25, -0.2) is 0 Å². The van der Waals surface area contributed by atoms with E-state index in [1.54, 1.807) is 0 Å². The van der Waals surface area contributed by atoms with Crippen molar-refractivity contribution < 1.29 is 4.74 Å². The van der Waals surface area contributed by atoms with Crippen LogP contribution in [-0.2, 0) is 11.2 Å². The highest BCUT2D eigenvalue weighted by molar-refractivity contribution is 6.18. The van der Waals surface area contributed by atoms with Gasteiger partial charge in [0, 0.05) is 5.88 Å². The van der Waals surface area contributed by atoms with Crippen LogP contribution in [0.25, 0.3) is 0 Å². The van der Waals surface area contributed by atoms with Crippen LogP contribution in [0.1, 0.15) is 56.9 Å². The highest BCUT2D eigenvalue weighted by Gasteiger charge is 2.41. The van der Waals surface area contributed by atoms with E-state index in [4.69, 9.17) is 16.3 Å². The number of hydrogen-bond acceptors (Lipinski definition) is 1. The maximum atomic E-state index is 6.50. The molecule has 1 aromatic rings. The zero-order chi connectivity index (χ0) is 14.5. The highest BCUT2D eigenvalue weighted by Crippen LogP contribution is 2.43. The molecule has 1 spiro atoms. The van der Waals surface area contributed by atoms with Crippen molar-refractivity contribution in [3.8, 4) is 0 Å². The third-order valence-electron chi connectivity index (χ3n) is 5.29. The number of alkyl halides is 1. The predicted molar refractivity (Wildman–Crippen MR) is 88.9 cm³/mol. The molecule has 1 aliphatic heterocycles. The van der Waals surface area contributed by atoms with Crippen LogP contribution in [0, 0.1) is 5.92 Å². The molecule has 2 aliphatic rings. The van der Waals surface area contributed by atoms with E-state index in [0.717, 1.165) is 18.7 Å². The second-order valence-electron chi connectivity index (χ2n) is 6.97. The SMILES string of the molecule is ClCC(Cc1ccccc1)CC1CCC2(CCCCC2)O1. The molecule has 0 radical (unpaired) electrons. The zero-order valence-electron chi connectivity index (χ0n) is 12.9. The van der Waals surface area contributed by atoms with Crippen LogP contribution in [-0.4, -0.2) is 17.6 Å². The second-order valence-corrected chi connectivity index (χ2v) is 7.28. The summed E-state index contributed by atoms with van der Waals surface area (Å²) < 4.78 is 6.50. The Morgan fingerprint density at radius 3 is 2.57 bits per heavy atom. The fraction of sp³-hybridized carbons (Fsp3) is 0.684. The Kier molecular flexibility index (Phi) is 5.24. The number of benzene rings is 1. The molecule has 0 bridgehead atoms. The average Bonchev–Trinajstić information content (AvgIpc) is 2.90. The normalized spacial score (nSPS) is 26.0. The molecule has 1 heterocycles. The smallest absolute Gasteiger partial charge is 0.0687 e. The number of hydrogen-bond donors (Lipinski definition) is 0. The molecular weight excluding hydrogens is 280 g/mol. The van der Waals surface area contributed by atoms with Crippen LogP contribution in [0.15, 0.2) is 30.3 Å². The van der Waals surface area contributed by atoms with Gasteiger partial charge in [-0.2, -0.15) is 0 Å². The lowest BCUT2D eigenvalue weighted by Gasteiger charge is -2.33. The van der Waals surface area contributed by atoms with Gasteiger partial charge in [0.25, 0.3) is 0 Å². The van der Waals surface area contributed by atoms with Gasteiger partial charge >= 0.3 is 0 Å². The van der Waals surface area contributed by atoms with Crippen molar-refractivity contribution in [2.45, 2.75) is 69.5 Å². The van der Waals surface area contributed by atoms with Crippen molar-refractivity contribution in [3.05, 3.63) is 35.9 Å². The van der Waals surface area contributed by atoms with Crippen molar-refractivity contribution in [2.75, 3.05) is 5.88 Å². The summed E-state index contributed by atoms with van der Waals surface area (Å²) in [4.78, 5) is 0. The summed E-state index contributed by atoms with van der Waals surface area (Å²) in [7, 11) is 0. The Bertz CT molecular complexity index is 424. The van der Waals surface area contributed by atoms with E-state index in [1.165, 1.54) is 50.5 Å². The quantitative estimate of drug-likeness (QED) is 0.666. The standard InChI is InChI=1S/C19H27ClO/c20-15-17(13-16-7-3-1-4-8-16)14-18-9-12-19(21-18)10-5-2-6-11-19/h1,3-4,7-8,17-18H,2,5-6,9-15H2. The van der Waals surface area contributed by atoms with Gasteiger partial charge in [0.1, 0.15) is 0 Å². The Morgan fingerprint density at radius 2 is 1.86 bits per heavy atom. The van der Waals surface area contributed by atoms with Crippen LogP contribution in [0.4, 0.5) is 0 Å². The summed E-state index contributed by atoms with van der Waals surface area (Å²) in [5.41, 5.74) is 1.64. The first-order valence-corrected chi connectivity index (χ1v) is 9.11. The van der Waals surface area contributed by atoms with E-state index in [9.17, 15) is 0 Å². The van der Waals surface area contributed by atoms with E-state index in [1.807, 2.05) is 0 Å². The Morgan fingerprint density at radius 1 is 1.10 bits per heavy atom. The van der Waals surface area contributed by atoms with Crippen molar-refractivity contribution in [1.29, 1.82) is 0 Å². The minimum Gasteiger partial charge on any atom is -0.372 e. The molecule has 2 fully saturated rings. The maximum Gasteiger partial charge on any atom is 0.0687 e. The summed E-state index contributed by atoms with van der Waals surface area (Å²) in [6.07, 6.45) is 11.8. The summed E-state index contributed by atoms with van der Waals surface area (Å²) in [5, 5.41) is 0. The molecule has 1 aromatic carbocycles. The average molecular weight is 307 g/mol. The largest absolute Gasteiger partial charge is 0.372 e. The Labute approximate surface area is 134 Å². The molecule has 2 atom stereocenters. The second kappa shape index (κ2) is 7.15.